The normalized spacial score (nSPS) is 21.3. The van der Waals surface area contributed by atoms with Crippen molar-refractivity contribution < 1.29 is 9.21 Å². The highest BCUT2D eigenvalue weighted by molar-refractivity contribution is 6.29. The zero-order valence-electron chi connectivity index (χ0n) is 9.49. The van der Waals surface area contributed by atoms with Crippen molar-refractivity contribution in [2.24, 2.45) is 0 Å². The Hall–Kier alpha value is -0.670. The predicted octanol–water partition coefficient (Wildman–Crippen LogP) is 3.56. The van der Waals surface area contributed by atoms with E-state index in [-0.39, 0.29) is 17.2 Å². The van der Waals surface area contributed by atoms with Gasteiger partial charge in [-0.2, -0.15) is 0 Å². The van der Waals surface area contributed by atoms with Crippen molar-refractivity contribution in [1.82, 2.24) is 4.90 Å². The fourth-order valence-corrected chi connectivity index (χ4v) is 2.64. The van der Waals surface area contributed by atoms with Crippen LogP contribution in [0.25, 0.3) is 0 Å². The van der Waals surface area contributed by atoms with Gasteiger partial charge in [0.05, 0.1) is 0 Å². The maximum atomic E-state index is 12.3. The van der Waals surface area contributed by atoms with Crippen molar-refractivity contribution >= 4 is 29.1 Å². The maximum Gasteiger partial charge on any atom is 0.289 e. The van der Waals surface area contributed by atoms with E-state index in [1.54, 1.807) is 12.1 Å². The number of hydrogen-bond donors (Lipinski definition) is 0. The zero-order chi connectivity index (χ0) is 12.3. The monoisotopic (exact) mass is 275 g/mol. The van der Waals surface area contributed by atoms with Gasteiger partial charge in [0.25, 0.3) is 5.91 Å². The van der Waals surface area contributed by atoms with Crippen molar-refractivity contribution in [2.45, 2.75) is 31.7 Å². The quantitative estimate of drug-likeness (QED) is 0.774. The second-order valence-electron chi connectivity index (χ2n) is 4.26. The molecule has 1 aliphatic heterocycles. The summed E-state index contributed by atoms with van der Waals surface area (Å²) < 4.78 is 5.16. The minimum absolute atomic E-state index is 0.107. The number of halogens is 2. The third-order valence-electron chi connectivity index (χ3n) is 3.10. The lowest BCUT2D eigenvalue weighted by atomic mass is 10.1. The zero-order valence-corrected chi connectivity index (χ0v) is 11.0. The Morgan fingerprint density at radius 2 is 2.24 bits per heavy atom. The SMILES string of the molecule is O=C(c1ccc(Cl)o1)N1CCCCCC1CCl. The number of alkyl halides is 1. The first-order valence-electron chi connectivity index (χ1n) is 5.84. The molecule has 1 aliphatic rings. The fraction of sp³-hybridized carbons (Fsp3) is 0.583. The number of carbonyl (C=O) groups is 1. The van der Waals surface area contributed by atoms with Crippen LogP contribution in [0, 0.1) is 0 Å². The average Bonchev–Trinajstić information content (AvgIpc) is 2.64. The van der Waals surface area contributed by atoms with E-state index in [4.69, 9.17) is 27.6 Å². The first-order valence-corrected chi connectivity index (χ1v) is 6.76. The lowest BCUT2D eigenvalue weighted by Gasteiger charge is -2.27. The number of furan rings is 1. The molecule has 0 aliphatic carbocycles. The lowest BCUT2D eigenvalue weighted by Crippen LogP contribution is -2.40. The van der Waals surface area contributed by atoms with Crippen molar-refractivity contribution in [3.05, 3.63) is 23.1 Å². The summed E-state index contributed by atoms with van der Waals surface area (Å²) in [7, 11) is 0. The predicted molar refractivity (Wildman–Crippen MR) is 67.7 cm³/mol. The molecule has 2 heterocycles. The summed E-state index contributed by atoms with van der Waals surface area (Å²) in [5, 5.41) is 0.241. The van der Waals surface area contributed by atoms with Crippen molar-refractivity contribution in [3.63, 3.8) is 0 Å². The molecule has 2 rings (SSSR count). The fourth-order valence-electron chi connectivity index (χ4n) is 2.18. The van der Waals surface area contributed by atoms with Crippen LogP contribution in [-0.2, 0) is 0 Å². The molecule has 1 saturated heterocycles. The van der Waals surface area contributed by atoms with Gasteiger partial charge in [0.1, 0.15) is 0 Å². The van der Waals surface area contributed by atoms with Crippen molar-refractivity contribution in [3.8, 4) is 0 Å². The second kappa shape index (κ2) is 5.78. The molecule has 1 aromatic heterocycles. The van der Waals surface area contributed by atoms with E-state index in [2.05, 4.69) is 0 Å². The maximum absolute atomic E-state index is 12.3. The van der Waals surface area contributed by atoms with Crippen LogP contribution in [0.2, 0.25) is 5.22 Å². The van der Waals surface area contributed by atoms with Gasteiger partial charge in [-0.3, -0.25) is 4.79 Å². The molecule has 0 bridgehead atoms. The summed E-state index contributed by atoms with van der Waals surface area (Å²) >= 11 is 11.6. The molecule has 17 heavy (non-hydrogen) atoms. The third-order valence-corrected chi connectivity index (χ3v) is 3.66. The van der Waals surface area contributed by atoms with E-state index in [0.29, 0.717) is 11.6 Å². The van der Waals surface area contributed by atoms with Crippen molar-refractivity contribution in [1.29, 1.82) is 0 Å². The van der Waals surface area contributed by atoms with Crippen LogP contribution in [0.5, 0.6) is 0 Å². The number of nitrogens with zero attached hydrogens (tertiary/aromatic N) is 1. The molecule has 1 atom stereocenters. The molecule has 0 radical (unpaired) electrons. The lowest BCUT2D eigenvalue weighted by molar-refractivity contribution is 0.0668. The molecule has 1 aromatic rings. The molecule has 3 nitrogen and oxygen atoms in total. The summed E-state index contributed by atoms with van der Waals surface area (Å²) in [6.07, 6.45) is 4.26. The number of amides is 1. The topological polar surface area (TPSA) is 33.5 Å². The number of hydrogen-bond acceptors (Lipinski definition) is 2. The van der Waals surface area contributed by atoms with E-state index >= 15 is 0 Å². The van der Waals surface area contributed by atoms with Crippen LogP contribution in [0.3, 0.4) is 0 Å². The first-order chi connectivity index (χ1) is 8.22. The Labute approximate surface area is 111 Å². The first kappa shape index (κ1) is 12.8. The molecular weight excluding hydrogens is 261 g/mol. The summed E-state index contributed by atoms with van der Waals surface area (Å²) in [6, 6.07) is 3.30. The Morgan fingerprint density at radius 1 is 1.41 bits per heavy atom. The molecule has 0 N–H and O–H groups in total. The van der Waals surface area contributed by atoms with Gasteiger partial charge in [-0.05, 0) is 36.6 Å². The van der Waals surface area contributed by atoms with E-state index in [1.807, 2.05) is 4.90 Å². The summed E-state index contributed by atoms with van der Waals surface area (Å²) in [5.74, 6) is 0.664. The van der Waals surface area contributed by atoms with E-state index in [1.165, 1.54) is 0 Å². The highest BCUT2D eigenvalue weighted by atomic mass is 35.5. The van der Waals surface area contributed by atoms with E-state index in [9.17, 15) is 4.79 Å². The van der Waals surface area contributed by atoms with Crippen LogP contribution >= 0.6 is 23.2 Å². The Kier molecular flexibility index (Phi) is 4.35. The minimum atomic E-state index is -0.107. The number of likely N-dealkylation sites (tertiary alicyclic amines) is 1. The van der Waals surface area contributed by atoms with E-state index in [0.717, 1.165) is 32.2 Å². The highest BCUT2D eigenvalue weighted by Crippen LogP contribution is 2.22. The summed E-state index contributed by atoms with van der Waals surface area (Å²) in [5.41, 5.74) is 0. The van der Waals surface area contributed by atoms with Gasteiger partial charge in [-0.1, -0.05) is 12.8 Å². The number of rotatable bonds is 2. The van der Waals surface area contributed by atoms with Crippen LogP contribution in [0.15, 0.2) is 16.5 Å². The Balaban J connectivity index is 2.15. The summed E-state index contributed by atoms with van der Waals surface area (Å²) in [4.78, 5) is 14.1. The number of carbonyl (C=O) groups excluding carboxylic acids is 1. The highest BCUT2D eigenvalue weighted by Gasteiger charge is 2.27. The molecule has 1 fully saturated rings. The standard InChI is InChI=1S/C12H15Cl2NO2/c13-8-9-4-2-1-3-7-15(9)12(16)10-5-6-11(14)17-10/h5-6,9H,1-4,7-8H2. The van der Waals surface area contributed by atoms with Gasteiger partial charge in [0, 0.05) is 18.5 Å². The van der Waals surface area contributed by atoms with Gasteiger partial charge in [-0.25, -0.2) is 0 Å². The van der Waals surface area contributed by atoms with Gasteiger partial charge in [-0.15, -0.1) is 11.6 Å². The van der Waals surface area contributed by atoms with Gasteiger partial charge in [0.2, 0.25) is 0 Å². The molecule has 0 spiro atoms. The van der Waals surface area contributed by atoms with Gasteiger partial charge < -0.3 is 9.32 Å². The second-order valence-corrected chi connectivity index (χ2v) is 4.94. The molecule has 94 valence electrons. The smallest absolute Gasteiger partial charge is 0.289 e. The minimum Gasteiger partial charge on any atom is -0.440 e. The molecule has 0 aromatic carbocycles. The molecule has 0 saturated carbocycles. The van der Waals surface area contributed by atoms with Crippen molar-refractivity contribution in [2.75, 3.05) is 12.4 Å². The molecular formula is C12H15Cl2NO2. The van der Waals surface area contributed by atoms with Crippen LogP contribution in [0.4, 0.5) is 0 Å². The van der Waals surface area contributed by atoms with Crippen LogP contribution in [-0.4, -0.2) is 29.3 Å². The molecule has 5 heteroatoms. The Morgan fingerprint density at radius 3 is 2.88 bits per heavy atom. The average molecular weight is 276 g/mol. The molecule has 1 amide bonds. The largest absolute Gasteiger partial charge is 0.440 e. The van der Waals surface area contributed by atoms with E-state index < -0.39 is 0 Å². The van der Waals surface area contributed by atoms with Gasteiger partial charge in [0.15, 0.2) is 11.0 Å². The van der Waals surface area contributed by atoms with Crippen LogP contribution < -0.4 is 0 Å². The molecule has 1 unspecified atom stereocenters. The van der Waals surface area contributed by atoms with Gasteiger partial charge >= 0.3 is 0 Å². The third kappa shape index (κ3) is 2.96. The Bertz CT molecular complexity index is 392. The van der Waals surface area contributed by atoms with Crippen LogP contribution in [0.1, 0.15) is 36.2 Å². The summed E-state index contributed by atoms with van der Waals surface area (Å²) in [6.45, 7) is 0.745.